The summed E-state index contributed by atoms with van der Waals surface area (Å²) in [4.78, 5) is 27.6. The number of rotatable bonds is 6. The molecule has 0 spiro atoms. The summed E-state index contributed by atoms with van der Waals surface area (Å²) in [5.41, 5.74) is -0.170. The summed E-state index contributed by atoms with van der Waals surface area (Å²) in [5, 5.41) is 9.01. The van der Waals surface area contributed by atoms with Gasteiger partial charge in [-0.3, -0.25) is 4.90 Å². The molecule has 2 aliphatic rings. The minimum atomic E-state index is -0.930. The van der Waals surface area contributed by atoms with Crippen LogP contribution < -0.4 is 4.74 Å². The van der Waals surface area contributed by atoms with Crippen molar-refractivity contribution in [2.75, 3.05) is 20.1 Å². The van der Waals surface area contributed by atoms with Crippen LogP contribution in [0.25, 0.3) is 0 Å². The van der Waals surface area contributed by atoms with Crippen molar-refractivity contribution in [1.29, 1.82) is 0 Å². The summed E-state index contributed by atoms with van der Waals surface area (Å²) in [5.74, 6) is 0.297. The molecule has 3 rings (SSSR count). The van der Waals surface area contributed by atoms with Gasteiger partial charge in [0, 0.05) is 37.5 Å². The molecule has 7 nitrogen and oxygen atoms in total. The predicted octanol–water partition coefficient (Wildman–Crippen LogP) is 4.65. The molecule has 1 heterocycles. The van der Waals surface area contributed by atoms with E-state index >= 15 is 0 Å². The number of carbonyl (C=O) groups excluding carboxylic acids is 1. The van der Waals surface area contributed by atoms with Gasteiger partial charge in [-0.25, -0.2) is 9.59 Å². The summed E-state index contributed by atoms with van der Waals surface area (Å²) in [6, 6.07) is 7.06. The molecular weight excluding hydrogens is 408 g/mol. The number of likely N-dealkylation sites (tertiary alicyclic amines) is 1. The lowest BCUT2D eigenvalue weighted by molar-refractivity contribution is -0.0480. The van der Waals surface area contributed by atoms with E-state index < -0.39 is 11.6 Å². The highest BCUT2D eigenvalue weighted by Crippen LogP contribution is 2.39. The number of carboxylic acid groups (broad SMARTS) is 1. The van der Waals surface area contributed by atoms with Gasteiger partial charge in [-0.05, 0) is 84.7 Å². The van der Waals surface area contributed by atoms with Crippen molar-refractivity contribution in [2.45, 2.75) is 83.6 Å². The lowest BCUT2D eigenvalue weighted by Crippen LogP contribution is -2.59. The number of piperidine rings is 1. The highest BCUT2D eigenvalue weighted by atomic mass is 16.6. The van der Waals surface area contributed by atoms with Crippen LogP contribution in [0, 0.1) is 5.92 Å². The first kappa shape index (κ1) is 24.4. The van der Waals surface area contributed by atoms with Crippen molar-refractivity contribution in [3.05, 3.63) is 29.8 Å². The van der Waals surface area contributed by atoms with Gasteiger partial charge < -0.3 is 19.5 Å². The fraction of sp³-hybridized carbons (Fsp3) is 0.680. The second kappa shape index (κ2) is 9.30. The predicted molar refractivity (Wildman–Crippen MR) is 123 cm³/mol. The summed E-state index contributed by atoms with van der Waals surface area (Å²) in [7, 11) is 2.20. The van der Waals surface area contributed by atoms with Gasteiger partial charge in [0.05, 0.1) is 5.56 Å². The van der Waals surface area contributed by atoms with Crippen LogP contribution >= 0.6 is 0 Å². The number of hydrogen-bond donors (Lipinski definition) is 1. The highest BCUT2D eigenvalue weighted by molar-refractivity contribution is 5.87. The minimum Gasteiger partial charge on any atom is -0.490 e. The maximum absolute atomic E-state index is 12.4. The third kappa shape index (κ3) is 5.74. The van der Waals surface area contributed by atoms with Crippen molar-refractivity contribution in [2.24, 2.45) is 5.92 Å². The molecule has 1 aromatic rings. The molecule has 0 bridgehead atoms. The van der Waals surface area contributed by atoms with E-state index in [0.717, 1.165) is 44.5 Å². The molecule has 0 atom stereocenters. The summed E-state index contributed by atoms with van der Waals surface area (Å²) in [6.07, 6.45) is 3.80. The third-order valence-electron chi connectivity index (χ3n) is 7.08. The Bertz CT molecular complexity index is 801. The number of amides is 1. The van der Waals surface area contributed by atoms with Gasteiger partial charge in [-0.1, -0.05) is 0 Å². The second-order valence-corrected chi connectivity index (χ2v) is 10.7. The zero-order valence-electron chi connectivity index (χ0n) is 20.3. The molecule has 1 N–H and O–H groups in total. The number of carboxylic acids is 1. The Kier molecular flexibility index (Phi) is 7.08. The first-order chi connectivity index (χ1) is 14.9. The van der Waals surface area contributed by atoms with E-state index in [-0.39, 0.29) is 23.3 Å². The molecular formula is C25H38N2O5. The van der Waals surface area contributed by atoms with Crippen LogP contribution in [0.2, 0.25) is 0 Å². The van der Waals surface area contributed by atoms with Crippen LogP contribution in [0.3, 0.4) is 0 Å². The topological polar surface area (TPSA) is 79.3 Å². The molecule has 2 fully saturated rings. The molecule has 0 aromatic heterocycles. The van der Waals surface area contributed by atoms with Gasteiger partial charge in [0.25, 0.3) is 0 Å². The van der Waals surface area contributed by atoms with E-state index in [1.165, 1.54) is 0 Å². The molecule has 1 aromatic carbocycles. The second-order valence-electron chi connectivity index (χ2n) is 10.7. The van der Waals surface area contributed by atoms with Crippen molar-refractivity contribution in [3.8, 4) is 5.75 Å². The Labute approximate surface area is 191 Å². The van der Waals surface area contributed by atoms with E-state index in [1.807, 2.05) is 25.7 Å². The van der Waals surface area contributed by atoms with Gasteiger partial charge in [0.1, 0.15) is 17.5 Å². The van der Waals surface area contributed by atoms with E-state index in [0.29, 0.717) is 12.0 Å². The Morgan fingerprint density at radius 3 is 2.09 bits per heavy atom. The molecule has 1 saturated carbocycles. The van der Waals surface area contributed by atoms with Gasteiger partial charge >= 0.3 is 12.1 Å². The normalized spacial score (nSPS) is 22.4. The number of aromatic carboxylic acids is 1. The first-order valence-corrected chi connectivity index (χ1v) is 11.6. The molecule has 7 heteroatoms. The van der Waals surface area contributed by atoms with Crippen LogP contribution in [0.4, 0.5) is 4.79 Å². The Balaban J connectivity index is 1.46. The minimum absolute atomic E-state index is 0.0266. The molecule has 1 aliphatic carbocycles. The van der Waals surface area contributed by atoms with Gasteiger partial charge in [-0.15, -0.1) is 0 Å². The monoisotopic (exact) mass is 446 g/mol. The smallest absolute Gasteiger partial charge is 0.410 e. The molecule has 178 valence electrons. The number of benzene rings is 1. The van der Waals surface area contributed by atoms with E-state index in [1.54, 1.807) is 24.3 Å². The van der Waals surface area contributed by atoms with Gasteiger partial charge in [0.15, 0.2) is 0 Å². The summed E-state index contributed by atoms with van der Waals surface area (Å²) >= 11 is 0. The maximum Gasteiger partial charge on any atom is 0.410 e. The number of nitrogens with zero attached hydrogens (tertiary/aromatic N) is 2. The fourth-order valence-electron chi connectivity index (χ4n) is 4.67. The van der Waals surface area contributed by atoms with Crippen LogP contribution in [0.1, 0.15) is 70.7 Å². The van der Waals surface area contributed by atoms with E-state index in [9.17, 15) is 9.59 Å². The Morgan fingerprint density at radius 2 is 1.59 bits per heavy atom. The molecule has 0 unspecified atom stereocenters. The summed E-state index contributed by atoms with van der Waals surface area (Å²) < 4.78 is 11.5. The lowest BCUT2D eigenvalue weighted by Gasteiger charge is -2.52. The van der Waals surface area contributed by atoms with Crippen LogP contribution in [0.5, 0.6) is 5.75 Å². The zero-order valence-corrected chi connectivity index (χ0v) is 20.3. The van der Waals surface area contributed by atoms with Gasteiger partial charge in [0.2, 0.25) is 0 Å². The largest absolute Gasteiger partial charge is 0.490 e. The molecule has 1 amide bonds. The van der Waals surface area contributed by atoms with Crippen LogP contribution in [-0.2, 0) is 4.74 Å². The average molecular weight is 447 g/mol. The average Bonchev–Trinajstić information content (AvgIpc) is 2.69. The SMILES string of the molecule is CN(C1CC(Oc2ccc(C(=O)O)cc2)C1)C(C)(C)C1CCN(C(=O)OC(C)(C)C)CC1. The fourth-order valence-corrected chi connectivity index (χ4v) is 4.67. The maximum atomic E-state index is 12.4. The molecule has 1 aliphatic heterocycles. The quantitative estimate of drug-likeness (QED) is 0.685. The zero-order chi connectivity index (χ0) is 23.7. The van der Waals surface area contributed by atoms with Crippen molar-refractivity contribution in [1.82, 2.24) is 9.80 Å². The number of hydrogen-bond acceptors (Lipinski definition) is 5. The van der Waals surface area contributed by atoms with Gasteiger partial charge in [-0.2, -0.15) is 0 Å². The lowest BCUT2D eigenvalue weighted by atomic mass is 9.76. The van der Waals surface area contributed by atoms with Crippen LogP contribution in [-0.4, -0.2) is 70.4 Å². The van der Waals surface area contributed by atoms with Crippen LogP contribution in [0.15, 0.2) is 24.3 Å². The van der Waals surface area contributed by atoms with Crippen molar-refractivity contribution in [3.63, 3.8) is 0 Å². The number of carbonyl (C=O) groups is 2. The molecule has 0 radical (unpaired) electrons. The Hall–Kier alpha value is -2.28. The van der Waals surface area contributed by atoms with Crippen molar-refractivity contribution >= 4 is 12.1 Å². The summed E-state index contributed by atoms with van der Waals surface area (Å²) in [6.45, 7) is 11.8. The van der Waals surface area contributed by atoms with E-state index in [2.05, 4.69) is 25.8 Å². The van der Waals surface area contributed by atoms with Crippen molar-refractivity contribution < 1.29 is 24.2 Å². The Morgan fingerprint density at radius 1 is 1.03 bits per heavy atom. The third-order valence-corrected chi connectivity index (χ3v) is 7.08. The standard InChI is InChI=1S/C25H38N2O5/c1-24(2,3)32-23(30)27-13-11-18(12-14-27)25(4,5)26(6)19-15-21(16-19)31-20-9-7-17(8-10-20)22(28)29/h7-10,18-19,21H,11-16H2,1-6H3,(H,28,29). The highest BCUT2D eigenvalue weighted by Gasteiger charge is 2.43. The van der Waals surface area contributed by atoms with E-state index in [4.69, 9.17) is 14.6 Å². The first-order valence-electron chi connectivity index (χ1n) is 11.6. The molecule has 32 heavy (non-hydrogen) atoms. The number of ether oxygens (including phenoxy) is 2. The molecule has 1 saturated heterocycles.